The van der Waals surface area contributed by atoms with E-state index in [0.29, 0.717) is 68.5 Å². The highest BCUT2D eigenvalue weighted by Crippen LogP contribution is 2.38. The third kappa shape index (κ3) is 4.20. The van der Waals surface area contributed by atoms with Crippen LogP contribution in [0.15, 0.2) is 35.1 Å². The van der Waals surface area contributed by atoms with E-state index in [1.807, 2.05) is 25.1 Å². The molecule has 0 unspecified atom stereocenters. The van der Waals surface area contributed by atoms with Crippen LogP contribution in [0.1, 0.15) is 77.6 Å². The summed E-state index contributed by atoms with van der Waals surface area (Å²) >= 11 is 0. The number of imide groups is 1. The predicted octanol–water partition coefficient (Wildman–Crippen LogP) is 3.38. The second kappa shape index (κ2) is 9.87. The molecular formula is C27H32N4O5. The van der Waals surface area contributed by atoms with Gasteiger partial charge in [-0.15, -0.1) is 0 Å². The zero-order chi connectivity index (χ0) is 25.3. The Bertz CT molecular complexity index is 1170. The normalized spacial score (nSPS) is 22.6. The average molecular weight is 493 g/mol. The highest BCUT2D eigenvalue weighted by Gasteiger charge is 2.55. The van der Waals surface area contributed by atoms with Crippen molar-refractivity contribution >= 4 is 23.6 Å². The van der Waals surface area contributed by atoms with Crippen molar-refractivity contribution in [3.8, 4) is 0 Å². The Morgan fingerprint density at radius 2 is 2.00 bits per heavy atom. The molecule has 0 spiro atoms. The van der Waals surface area contributed by atoms with E-state index in [9.17, 15) is 19.2 Å². The number of pyridine rings is 1. The van der Waals surface area contributed by atoms with E-state index in [4.69, 9.17) is 4.42 Å². The van der Waals surface area contributed by atoms with Gasteiger partial charge in [-0.1, -0.05) is 19.4 Å². The van der Waals surface area contributed by atoms with Crippen molar-refractivity contribution in [2.45, 2.75) is 63.8 Å². The largest absolute Gasteiger partial charge is 0.468 e. The Morgan fingerprint density at radius 1 is 1.19 bits per heavy atom. The first-order valence-electron chi connectivity index (χ1n) is 12.9. The van der Waals surface area contributed by atoms with Crippen LogP contribution in [-0.2, 0) is 17.6 Å². The lowest BCUT2D eigenvalue weighted by Crippen LogP contribution is -2.56. The summed E-state index contributed by atoms with van der Waals surface area (Å²) in [5.74, 6) is 0.130. The summed E-state index contributed by atoms with van der Waals surface area (Å²) in [5.41, 5.74) is 0.674. The van der Waals surface area contributed by atoms with Gasteiger partial charge in [0.2, 0.25) is 0 Å². The fraction of sp³-hybridized carbons (Fsp3) is 0.519. The van der Waals surface area contributed by atoms with Crippen LogP contribution >= 0.6 is 0 Å². The van der Waals surface area contributed by atoms with E-state index in [1.165, 1.54) is 11.2 Å². The molecule has 4 heterocycles. The number of nitrogens with one attached hydrogen (secondary N) is 1. The molecule has 0 radical (unpaired) electrons. The third-order valence-corrected chi connectivity index (χ3v) is 7.83. The fourth-order valence-corrected chi connectivity index (χ4v) is 5.99. The van der Waals surface area contributed by atoms with E-state index >= 15 is 0 Å². The topological polar surface area (TPSA) is 113 Å². The van der Waals surface area contributed by atoms with Crippen LogP contribution in [-0.4, -0.2) is 63.6 Å². The van der Waals surface area contributed by atoms with Gasteiger partial charge in [0, 0.05) is 50.8 Å². The molecule has 9 heteroatoms. The van der Waals surface area contributed by atoms with Crippen molar-refractivity contribution in [3.63, 3.8) is 0 Å². The zero-order valence-electron chi connectivity index (χ0n) is 20.6. The maximum Gasteiger partial charge on any atom is 0.325 e. The number of nitrogens with zero attached hydrogens (tertiary/aromatic N) is 3. The highest BCUT2D eigenvalue weighted by atomic mass is 16.3. The molecule has 2 aromatic heterocycles. The molecule has 5 rings (SSSR count). The summed E-state index contributed by atoms with van der Waals surface area (Å²) < 4.78 is 5.54. The minimum atomic E-state index is -0.949. The Morgan fingerprint density at radius 3 is 2.72 bits per heavy atom. The second-order valence-corrected chi connectivity index (χ2v) is 9.97. The first-order valence-corrected chi connectivity index (χ1v) is 12.9. The first kappa shape index (κ1) is 24.2. The molecule has 1 aliphatic carbocycles. The summed E-state index contributed by atoms with van der Waals surface area (Å²) in [5, 5.41) is 3.05. The maximum atomic E-state index is 13.6. The molecule has 9 nitrogen and oxygen atoms in total. The Labute approximate surface area is 210 Å². The monoisotopic (exact) mass is 492 g/mol. The molecule has 4 amide bonds. The lowest BCUT2D eigenvalue weighted by molar-refractivity contribution is -0.134. The molecule has 0 aromatic carbocycles. The summed E-state index contributed by atoms with van der Waals surface area (Å²) in [6.07, 6.45) is 7.98. The van der Waals surface area contributed by atoms with Gasteiger partial charge in [-0.2, -0.15) is 0 Å². The van der Waals surface area contributed by atoms with Crippen LogP contribution in [0.2, 0.25) is 0 Å². The summed E-state index contributed by atoms with van der Waals surface area (Å²) in [6.45, 7) is 3.21. The summed E-state index contributed by atoms with van der Waals surface area (Å²) in [7, 11) is 0. The van der Waals surface area contributed by atoms with Gasteiger partial charge in [-0.3, -0.25) is 24.3 Å². The quantitative estimate of drug-likeness (QED) is 0.593. The molecular weight excluding hydrogens is 460 g/mol. The van der Waals surface area contributed by atoms with Gasteiger partial charge in [0.25, 0.3) is 11.8 Å². The molecule has 0 saturated carbocycles. The van der Waals surface area contributed by atoms with Crippen LogP contribution in [0.25, 0.3) is 0 Å². The van der Waals surface area contributed by atoms with Crippen molar-refractivity contribution in [2.24, 2.45) is 5.92 Å². The minimum absolute atomic E-state index is 0.0322. The van der Waals surface area contributed by atoms with Gasteiger partial charge >= 0.3 is 6.03 Å². The van der Waals surface area contributed by atoms with Crippen LogP contribution in [0.3, 0.4) is 0 Å². The first-order chi connectivity index (χ1) is 17.4. The van der Waals surface area contributed by atoms with Crippen molar-refractivity contribution in [3.05, 3.63) is 53.2 Å². The molecule has 2 aromatic rings. The molecule has 1 N–H and O–H groups in total. The molecule has 1 atom stereocenters. The number of ketones is 1. The lowest BCUT2D eigenvalue weighted by Gasteiger charge is -2.41. The number of aryl methyl sites for hydroxylation is 1. The number of hydrogen-bond donors (Lipinski definition) is 1. The number of hydrogen-bond acceptors (Lipinski definition) is 6. The fourth-order valence-electron chi connectivity index (χ4n) is 5.99. The van der Waals surface area contributed by atoms with E-state index in [0.717, 1.165) is 18.5 Å². The van der Waals surface area contributed by atoms with Crippen LogP contribution < -0.4 is 5.32 Å². The molecule has 190 valence electrons. The van der Waals surface area contributed by atoms with Crippen molar-refractivity contribution in [2.75, 3.05) is 19.6 Å². The lowest BCUT2D eigenvalue weighted by atomic mass is 9.74. The maximum absolute atomic E-state index is 13.6. The van der Waals surface area contributed by atoms with Gasteiger partial charge < -0.3 is 14.6 Å². The number of aromatic nitrogens is 1. The number of carbonyl (C=O) groups is 4. The summed E-state index contributed by atoms with van der Waals surface area (Å²) in [4.78, 5) is 59.6. The van der Waals surface area contributed by atoms with Crippen molar-refractivity contribution in [1.29, 1.82) is 0 Å². The predicted molar refractivity (Wildman–Crippen MR) is 130 cm³/mol. The van der Waals surface area contributed by atoms with Crippen LogP contribution in [0.4, 0.5) is 4.79 Å². The number of urea groups is 1. The molecule has 2 saturated heterocycles. The average Bonchev–Trinajstić information content (AvgIpc) is 3.43. The Kier molecular flexibility index (Phi) is 6.64. The number of likely N-dealkylation sites (tertiary alicyclic amines) is 1. The molecule has 3 aliphatic rings. The number of piperidine rings is 1. The van der Waals surface area contributed by atoms with Crippen LogP contribution in [0, 0.1) is 5.92 Å². The molecule has 2 fully saturated rings. The van der Waals surface area contributed by atoms with Crippen LogP contribution in [0.5, 0.6) is 0 Å². The molecule has 0 bridgehead atoms. The second-order valence-electron chi connectivity index (χ2n) is 9.97. The van der Waals surface area contributed by atoms with Gasteiger partial charge in [0.1, 0.15) is 17.6 Å². The Hall–Kier alpha value is -3.49. The SMILES string of the molecule is CCC[C@]1(C2CCN(C(=O)c3coc4c3C(=O)CCC4)CC2)NC(=O)N(CCc2ccccn2)C1=O. The number of Topliss-reactive ketones (excluding diaryl/α,β-unsaturated/α-hetero) is 1. The van der Waals surface area contributed by atoms with Gasteiger partial charge in [0.15, 0.2) is 5.78 Å². The van der Waals surface area contributed by atoms with Gasteiger partial charge in [-0.25, -0.2) is 4.79 Å². The number of furan rings is 1. The number of fused-ring (bicyclic) bond motifs is 1. The van der Waals surface area contributed by atoms with E-state index in [2.05, 4.69) is 10.3 Å². The highest BCUT2D eigenvalue weighted by molar-refractivity contribution is 6.09. The van der Waals surface area contributed by atoms with E-state index in [1.54, 1.807) is 11.1 Å². The van der Waals surface area contributed by atoms with Gasteiger partial charge in [0.05, 0.1) is 11.1 Å². The van der Waals surface area contributed by atoms with Crippen molar-refractivity contribution < 1.29 is 23.6 Å². The minimum Gasteiger partial charge on any atom is -0.468 e. The Balaban J connectivity index is 1.27. The third-order valence-electron chi connectivity index (χ3n) is 7.83. The van der Waals surface area contributed by atoms with Crippen molar-refractivity contribution in [1.82, 2.24) is 20.1 Å². The van der Waals surface area contributed by atoms with E-state index < -0.39 is 5.54 Å². The van der Waals surface area contributed by atoms with E-state index in [-0.39, 0.29) is 36.1 Å². The smallest absolute Gasteiger partial charge is 0.325 e. The summed E-state index contributed by atoms with van der Waals surface area (Å²) in [6, 6.07) is 5.25. The number of amides is 4. The molecule has 36 heavy (non-hydrogen) atoms. The zero-order valence-corrected chi connectivity index (χ0v) is 20.6. The van der Waals surface area contributed by atoms with Gasteiger partial charge in [-0.05, 0) is 43.7 Å². The molecule has 2 aliphatic heterocycles. The standard InChI is InChI=1S/C27H32N4O5/c1-2-12-27(25(34)31(26(35)29-27)16-11-19-6-3-4-13-28-19)18-9-14-30(15-10-18)24(33)20-17-36-22-8-5-7-21(32)23(20)22/h3-4,6,13,17-18H,2,5,7-12,14-16H2,1H3,(H,29,35)/t27-/m1/s1. The number of rotatable bonds is 7. The number of carbonyl (C=O) groups excluding carboxylic acids is 4.